The van der Waals surface area contributed by atoms with E-state index in [1.54, 1.807) is 0 Å². The Morgan fingerprint density at radius 1 is 1.22 bits per heavy atom. The first-order valence-electron chi connectivity index (χ1n) is 7.13. The maximum Gasteiger partial charge on any atom is 0.237 e. The molecular weight excluding hydrogens is 332 g/mol. The van der Waals surface area contributed by atoms with Gasteiger partial charge in [-0.05, 0) is 25.5 Å². The largest absolute Gasteiger partial charge is 0.325 e. The highest BCUT2D eigenvalue weighted by molar-refractivity contribution is 8.02. The SMILES string of the molecule is CC[C@H](Sc1nnc(NC(C)=O)s1)C(=O)Nc1ccc(C)cc1. The van der Waals surface area contributed by atoms with Gasteiger partial charge in [-0.25, -0.2) is 0 Å². The molecule has 0 radical (unpaired) electrons. The van der Waals surface area contributed by atoms with Crippen molar-refractivity contribution in [1.29, 1.82) is 0 Å². The van der Waals surface area contributed by atoms with Crippen LogP contribution in [0.15, 0.2) is 28.6 Å². The second kappa shape index (κ2) is 8.07. The van der Waals surface area contributed by atoms with Gasteiger partial charge in [0.15, 0.2) is 4.34 Å². The minimum atomic E-state index is -0.269. The number of carbonyl (C=O) groups is 2. The quantitative estimate of drug-likeness (QED) is 0.617. The molecule has 23 heavy (non-hydrogen) atoms. The van der Waals surface area contributed by atoms with Gasteiger partial charge < -0.3 is 10.6 Å². The highest BCUT2D eigenvalue weighted by Crippen LogP contribution is 2.31. The molecule has 8 heteroatoms. The van der Waals surface area contributed by atoms with Crippen LogP contribution >= 0.6 is 23.1 Å². The molecule has 0 saturated heterocycles. The lowest BCUT2D eigenvalue weighted by Crippen LogP contribution is -2.24. The predicted octanol–water partition coefficient (Wildman–Crippen LogP) is 3.31. The van der Waals surface area contributed by atoms with Crippen LogP contribution in [-0.2, 0) is 9.59 Å². The Balaban J connectivity index is 1.98. The number of nitrogens with one attached hydrogen (secondary N) is 2. The first-order chi connectivity index (χ1) is 11.0. The summed E-state index contributed by atoms with van der Waals surface area (Å²) in [6, 6.07) is 7.66. The molecule has 122 valence electrons. The number of rotatable bonds is 6. The van der Waals surface area contributed by atoms with E-state index in [0.717, 1.165) is 11.3 Å². The van der Waals surface area contributed by atoms with Gasteiger partial charge >= 0.3 is 0 Å². The fourth-order valence-corrected chi connectivity index (χ4v) is 3.73. The number of carbonyl (C=O) groups excluding carboxylic acids is 2. The molecule has 0 unspecified atom stereocenters. The topological polar surface area (TPSA) is 84.0 Å². The predicted molar refractivity (Wildman–Crippen MR) is 94.0 cm³/mol. The summed E-state index contributed by atoms with van der Waals surface area (Å²) >= 11 is 2.61. The van der Waals surface area contributed by atoms with Gasteiger partial charge in [0.25, 0.3) is 0 Å². The molecular formula is C15H18N4O2S2. The summed E-state index contributed by atoms with van der Waals surface area (Å²) in [5, 5.41) is 13.5. The van der Waals surface area contributed by atoms with E-state index in [9.17, 15) is 9.59 Å². The van der Waals surface area contributed by atoms with Gasteiger partial charge in [0.05, 0.1) is 5.25 Å². The summed E-state index contributed by atoms with van der Waals surface area (Å²) in [6.07, 6.45) is 0.664. The zero-order valence-electron chi connectivity index (χ0n) is 13.1. The Labute approximate surface area is 143 Å². The van der Waals surface area contributed by atoms with Crippen LogP contribution in [0.25, 0.3) is 0 Å². The van der Waals surface area contributed by atoms with E-state index in [4.69, 9.17) is 0 Å². The van der Waals surface area contributed by atoms with Gasteiger partial charge in [0.2, 0.25) is 16.9 Å². The number of hydrogen-bond acceptors (Lipinski definition) is 6. The Morgan fingerprint density at radius 2 is 1.91 bits per heavy atom. The minimum Gasteiger partial charge on any atom is -0.325 e. The lowest BCUT2D eigenvalue weighted by atomic mass is 10.2. The van der Waals surface area contributed by atoms with E-state index in [2.05, 4.69) is 20.8 Å². The fraction of sp³-hybridized carbons (Fsp3) is 0.333. The number of anilines is 2. The van der Waals surface area contributed by atoms with Crippen LogP contribution in [0.3, 0.4) is 0 Å². The molecule has 0 fully saturated rings. The summed E-state index contributed by atoms with van der Waals surface area (Å²) in [5.74, 6) is -0.264. The van der Waals surface area contributed by atoms with Gasteiger partial charge in [-0.15, -0.1) is 10.2 Å². The maximum absolute atomic E-state index is 12.4. The molecule has 0 bridgehead atoms. The third-order valence-electron chi connectivity index (χ3n) is 2.91. The van der Waals surface area contributed by atoms with Crippen molar-refractivity contribution in [2.45, 2.75) is 36.8 Å². The number of aromatic nitrogens is 2. The molecule has 0 aliphatic carbocycles. The van der Waals surface area contributed by atoms with Crippen molar-refractivity contribution in [2.75, 3.05) is 10.6 Å². The summed E-state index contributed by atoms with van der Waals surface area (Å²) in [4.78, 5) is 23.4. The smallest absolute Gasteiger partial charge is 0.237 e. The molecule has 0 aliphatic heterocycles. The summed E-state index contributed by atoms with van der Waals surface area (Å²) in [5.41, 5.74) is 1.92. The molecule has 2 N–H and O–H groups in total. The second-order valence-corrected chi connectivity index (χ2v) is 7.35. The van der Waals surface area contributed by atoms with E-state index in [-0.39, 0.29) is 17.1 Å². The molecule has 6 nitrogen and oxygen atoms in total. The van der Waals surface area contributed by atoms with Crippen LogP contribution in [-0.4, -0.2) is 27.3 Å². The zero-order valence-corrected chi connectivity index (χ0v) is 14.8. The van der Waals surface area contributed by atoms with Crippen LogP contribution in [0, 0.1) is 6.92 Å². The van der Waals surface area contributed by atoms with E-state index >= 15 is 0 Å². The average Bonchev–Trinajstić information content (AvgIpc) is 2.93. The standard InChI is InChI=1S/C15H18N4O2S2/c1-4-12(13(21)17-11-7-5-9(2)6-8-11)22-15-19-18-14(23-15)16-10(3)20/h5-8,12H,4H2,1-3H3,(H,17,21)(H,16,18,20)/t12-/m0/s1. The summed E-state index contributed by atoms with van der Waals surface area (Å²) in [7, 11) is 0. The average molecular weight is 350 g/mol. The molecule has 1 aromatic carbocycles. The summed E-state index contributed by atoms with van der Waals surface area (Å²) in [6.45, 7) is 5.36. The first kappa shape index (κ1) is 17.4. The van der Waals surface area contributed by atoms with Crippen molar-refractivity contribution in [2.24, 2.45) is 0 Å². The number of hydrogen-bond donors (Lipinski definition) is 2. The number of nitrogens with zero attached hydrogens (tertiary/aromatic N) is 2. The van der Waals surface area contributed by atoms with Crippen molar-refractivity contribution in [3.63, 3.8) is 0 Å². The minimum absolute atomic E-state index is 0.0716. The monoisotopic (exact) mass is 350 g/mol. The van der Waals surface area contributed by atoms with E-state index in [1.165, 1.54) is 30.0 Å². The van der Waals surface area contributed by atoms with Crippen LogP contribution < -0.4 is 10.6 Å². The lowest BCUT2D eigenvalue weighted by Gasteiger charge is -2.13. The van der Waals surface area contributed by atoms with E-state index in [0.29, 0.717) is 15.9 Å². The van der Waals surface area contributed by atoms with Crippen molar-refractivity contribution in [3.05, 3.63) is 29.8 Å². The van der Waals surface area contributed by atoms with Crippen molar-refractivity contribution >= 4 is 45.7 Å². The molecule has 2 amide bonds. The Kier molecular flexibility index (Phi) is 6.12. The van der Waals surface area contributed by atoms with Gasteiger partial charge in [-0.3, -0.25) is 9.59 Å². The normalized spacial score (nSPS) is 11.8. The number of benzene rings is 1. The number of aryl methyl sites for hydroxylation is 1. The number of thioether (sulfide) groups is 1. The Bertz CT molecular complexity index is 685. The zero-order chi connectivity index (χ0) is 16.8. The molecule has 0 saturated carbocycles. The van der Waals surface area contributed by atoms with Gasteiger partial charge in [-0.2, -0.15) is 0 Å². The first-order valence-corrected chi connectivity index (χ1v) is 8.83. The highest BCUT2D eigenvalue weighted by atomic mass is 32.2. The third kappa shape index (κ3) is 5.33. The van der Waals surface area contributed by atoms with Gasteiger partial charge in [0, 0.05) is 12.6 Å². The molecule has 1 aromatic heterocycles. The molecule has 1 atom stereocenters. The van der Waals surface area contributed by atoms with Gasteiger partial charge in [-0.1, -0.05) is 47.7 Å². The van der Waals surface area contributed by atoms with Crippen LogP contribution in [0.2, 0.25) is 0 Å². The van der Waals surface area contributed by atoms with E-state index in [1.807, 2.05) is 38.1 Å². The molecule has 0 spiro atoms. The number of amides is 2. The summed E-state index contributed by atoms with van der Waals surface area (Å²) < 4.78 is 0.652. The molecule has 0 aliphatic rings. The van der Waals surface area contributed by atoms with Crippen LogP contribution in [0.1, 0.15) is 25.8 Å². The van der Waals surface area contributed by atoms with Crippen LogP contribution in [0.5, 0.6) is 0 Å². The molecule has 2 rings (SSSR count). The van der Waals surface area contributed by atoms with Crippen molar-refractivity contribution in [1.82, 2.24) is 10.2 Å². The van der Waals surface area contributed by atoms with Gasteiger partial charge in [0.1, 0.15) is 0 Å². The highest BCUT2D eigenvalue weighted by Gasteiger charge is 2.20. The van der Waals surface area contributed by atoms with Crippen LogP contribution in [0.4, 0.5) is 10.8 Å². The lowest BCUT2D eigenvalue weighted by molar-refractivity contribution is -0.116. The maximum atomic E-state index is 12.4. The second-order valence-electron chi connectivity index (χ2n) is 4.92. The van der Waals surface area contributed by atoms with E-state index < -0.39 is 0 Å². The Hall–Kier alpha value is -1.93. The Morgan fingerprint density at radius 3 is 2.52 bits per heavy atom. The third-order valence-corrected chi connectivity index (χ3v) is 5.20. The molecule has 2 aromatic rings. The van der Waals surface area contributed by atoms with Crippen molar-refractivity contribution < 1.29 is 9.59 Å². The molecule has 1 heterocycles. The fourth-order valence-electron chi connectivity index (χ4n) is 1.76. The van der Waals surface area contributed by atoms with Crippen molar-refractivity contribution in [3.8, 4) is 0 Å².